The molecule has 4 heterocycles. The first-order valence-electron chi connectivity index (χ1n) is 8.15. The SMILES string of the molecule is O=C1C[C@@H](c2ccco2)C=C2Nc3ncnn3[C@@H](c3cccnc3)[C@H]12. The Morgan fingerprint density at radius 3 is 3.04 bits per heavy atom. The molecule has 25 heavy (non-hydrogen) atoms. The Hall–Kier alpha value is -3.22. The van der Waals surface area contributed by atoms with Crippen molar-refractivity contribution in [3.63, 3.8) is 0 Å². The summed E-state index contributed by atoms with van der Waals surface area (Å²) >= 11 is 0. The van der Waals surface area contributed by atoms with Crippen LogP contribution >= 0.6 is 0 Å². The fraction of sp³-hybridized carbons (Fsp3) is 0.222. The van der Waals surface area contributed by atoms with E-state index < -0.39 is 0 Å². The van der Waals surface area contributed by atoms with Gasteiger partial charge in [-0.1, -0.05) is 12.1 Å². The lowest BCUT2D eigenvalue weighted by molar-refractivity contribution is -0.123. The van der Waals surface area contributed by atoms with Crippen LogP contribution in [0.2, 0.25) is 0 Å². The van der Waals surface area contributed by atoms with Gasteiger partial charge in [0, 0.05) is 30.4 Å². The molecule has 1 N–H and O–H groups in total. The van der Waals surface area contributed by atoms with Crippen molar-refractivity contribution in [1.82, 2.24) is 19.7 Å². The van der Waals surface area contributed by atoms with E-state index in [0.717, 1.165) is 17.0 Å². The first-order valence-corrected chi connectivity index (χ1v) is 8.15. The number of carbonyl (C=O) groups is 1. The summed E-state index contributed by atoms with van der Waals surface area (Å²) in [6.07, 6.45) is 9.12. The zero-order valence-corrected chi connectivity index (χ0v) is 13.2. The molecule has 5 rings (SSSR count). The van der Waals surface area contributed by atoms with Gasteiger partial charge in [0.1, 0.15) is 17.9 Å². The Bertz CT molecular complexity index is 945. The quantitative estimate of drug-likeness (QED) is 0.775. The number of ketones is 1. The van der Waals surface area contributed by atoms with E-state index >= 15 is 0 Å². The maximum Gasteiger partial charge on any atom is 0.226 e. The topological polar surface area (TPSA) is 85.8 Å². The normalized spacial score (nSPS) is 24.9. The van der Waals surface area contributed by atoms with Crippen molar-refractivity contribution in [3.05, 3.63) is 72.3 Å². The minimum Gasteiger partial charge on any atom is -0.469 e. The Balaban J connectivity index is 1.64. The molecule has 0 saturated carbocycles. The van der Waals surface area contributed by atoms with Gasteiger partial charge in [0.2, 0.25) is 5.95 Å². The minimum absolute atomic E-state index is 0.0646. The summed E-state index contributed by atoms with van der Waals surface area (Å²) in [5.74, 6) is 1.19. The van der Waals surface area contributed by atoms with E-state index in [1.165, 1.54) is 6.33 Å². The predicted molar refractivity (Wildman–Crippen MR) is 88.7 cm³/mol. The van der Waals surface area contributed by atoms with Gasteiger partial charge in [-0.15, -0.1) is 0 Å². The third-order valence-electron chi connectivity index (χ3n) is 4.83. The third-order valence-corrected chi connectivity index (χ3v) is 4.83. The lowest BCUT2D eigenvalue weighted by Crippen LogP contribution is -2.40. The van der Waals surface area contributed by atoms with Crippen molar-refractivity contribution in [2.24, 2.45) is 5.92 Å². The van der Waals surface area contributed by atoms with Crippen molar-refractivity contribution in [2.45, 2.75) is 18.4 Å². The summed E-state index contributed by atoms with van der Waals surface area (Å²) in [6, 6.07) is 7.34. The lowest BCUT2D eigenvalue weighted by Gasteiger charge is -2.37. The second kappa shape index (κ2) is 5.41. The van der Waals surface area contributed by atoms with E-state index in [-0.39, 0.29) is 23.7 Å². The average Bonchev–Trinajstić information content (AvgIpc) is 3.32. The Labute approximate surface area is 143 Å². The Kier molecular flexibility index (Phi) is 3.06. The fourth-order valence-corrected chi connectivity index (χ4v) is 3.75. The molecule has 0 spiro atoms. The summed E-state index contributed by atoms with van der Waals surface area (Å²) < 4.78 is 7.27. The number of nitrogens with one attached hydrogen (secondary N) is 1. The summed E-state index contributed by atoms with van der Waals surface area (Å²) in [5, 5.41) is 7.59. The van der Waals surface area contributed by atoms with E-state index in [1.807, 2.05) is 24.3 Å². The summed E-state index contributed by atoms with van der Waals surface area (Å²) in [4.78, 5) is 21.5. The van der Waals surface area contributed by atoms with Crippen LogP contribution in [0.5, 0.6) is 0 Å². The van der Waals surface area contributed by atoms with Gasteiger partial charge in [0.25, 0.3) is 0 Å². The molecule has 0 aromatic carbocycles. The molecule has 0 saturated heterocycles. The number of hydrogen-bond donors (Lipinski definition) is 1. The molecule has 7 heteroatoms. The van der Waals surface area contributed by atoms with Crippen LogP contribution in [-0.2, 0) is 4.79 Å². The molecule has 0 bridgehead atoms. The van der Waals surface area contributed by atoms with Crippen LogP contribution in [0.3, 0.4) is 0 Å². The van der Waals surface area contributed by atoms with Gasteiger partial charge in [-0.2, -0.15) is 10.1 Å². The van der Waals surface area contributed by atoms with Crippen molar-refractivity contribution in [1.29, 1.82) is 0 Å². The number of hydrogen-bond acceptors (Lipinski definition) is 6. The first kappa shape index (κ1) is 14.2. The summed E-state index contributed by atoms with van der Waals surface area (Å²) in [7, 11) is 0. The summed E-state index contributed by atoms with van der Waals surface area (Å²) in [6.45, 7) is 0. The van der Waals surface area contributed by atoms with Gasteiger partial charge in [0.05, 0.1) is 18.2 Å². The zero-order chi connectivity index (χ0) is 16.8. The number of furan rings is 1. The number of Topliss-reactive ketones (excluding diaryl/α,β-unsaturated/α-hetero) is 1. The van der Waals surface area contributed by atoms with E-state index in [1.54, 1.807) is 23.3 Å². The molecule has 3 aromatic rings. The zero-order valence-electron chi connectivity index (χ0n) is 13.2. The molecule has 2 aliphatic rings. The molecule has 1 aliphatic carbocycles. The molecule has 1 aliphatic heterocycles. The predicted octanol–water partition coefficient (Wildman–Crippen LogP) is 2.54. The largest absolute Gasteiger partial charge is 0.469 e. The number of fused-ring (bicyclic) bond motifs is 2. The Morgan fingerprint density at radius 2 is 2.24 bits per heavy atom. The highest BCUT2D eigenvalue weighted by Crippen LogP contribution is 2.43. The molecule has 0 amide bonds. The maximum absolute atomic E-state index is 13.0. The first-order chi connectivity index (χ1) is 12.3. The fourth-order valence-electron chi connectivity index (χ4n) is 3.75. The number of rotatable bonds is 2. The van der Waals surface area contributed by atoms with Crippen molar-refractivity contribution < 1.29 is 9.21 Å². The molecular formula is C18H15N5O2. The van der Waals surface area contributed by atoms with Crippen LogP contribution in [0.25, 0.3) is 0 Å². The van der Waals surface area contributed by atoms with Crippen LogP contribution < -0.4 is 5.32 Å². The molecule has 0 radical (unpaired) electrons. The van der Waals surface area contributed by atoms with E-state index in [0.29, 0.717) is 12.4 Å². The molecule has 3 atom stereocenters. The number of carbonyl (C=O) groups excluding carboxylic acids is 1. The second-order valence-corrected chi connectivity index (χ2v) is 6.28. The highest BCUT2D eigenvalue weighted by molar-refractivity contribution is 5.88. The third kappa shape index (κ3) is 2.20. The van der Waals surface area contributed by atoms with Crippen LogP contribution in [-0.4, -0.2) is 25.5 Å². The number of aromatic nitrogens is 4. The number of anilines is 1. The Morgan fingerprint density at radius 1 is 1.28 bits per heavy atom. The van der Waals surface area contributed by atoms with Gasteiger partial charge in [-0.25, -0.2) is 4.68 Å². The van der Waals surface area contributed by atoms with Crippen molar-refractivity contribution in [2.75, 3.05) is 5.32 Å². The van der Waals surface area contributed by atoms with Crippen LogP contribution in [0, 0.1) is 5.92 Å². The van der Waals surface area contributed by atoms with E-state index in [9.17, 15) is 4.79 Å². The van der Waals surface area contributed by atoms with Gasteiger partial charge < -0.3 is 9.73 Å². The van der Waals surface area contributed by atoms with Gasteiger partial charge >= 0.3 is 0 Å². The smallest absolute Gasteiger partial charge is 0.226 e. The molecule has 3 aromatic heterocycles. The van der Waals surface area contributed by atoms with E-state index in [2.05, 4.69) is 26.5 Å². The number of pyridine rings is 1. The molecule has 124 valence electrons. The minimum atomic E-state index is -0.329. The standard InChI is InChI=1S/C18H15N5O2/c24-14-8-12(15-4-2-6-25-15)7-13-16(14)17(11-3-1-5-19-9-11)23-18(22-13)20-10-21-23/h1-7,9-10,12,16-17H,8H2,(H,20,21,22)/t12-,16-,17-/m0/s1. The number of nitrogens with zero attached hydrogens (tertiary/aromatic N) is 4. The lowest BCUT2D eigenvalue weighted by atomic mass is 9.77. The van der Waals surface area contributed by atoms with E-state index in [4.69, 9.17) is 4.42 Å². The maximum atomic E-state index is 13.0. The van der Waals surface area contributed by atoms with Crippen LogP contribution in [0.4, 0.5) is 5.95 Å². The molecule has 0 fully saturated rings. The van der Waals surface area contributed by atoms with Crippen LogP contribution in [0.15, 0.2) is 65.4 Å². The number of allylic oxidation sites excluding steroid dienone is 2. The molecule has 0 unspecified atom stereocenters. The molecular weight excluding hydrogens is 318 g/mol. The highest BCUT2D eigenvalue weighted by atomic mass is 16.3. The van der Waals surface area contributed by atoms with Gasteiger partial charge in [-0.3, -0.25) is 9.78 Å². The molecule has 7 nitrogen and oxygen atoms in total. The van der Waals surface area contributed by atoms with Gasteiger partial charge in [-0.05, 0) is 23.8 Å². The highest BCUT2D eigenvalue weighted by Gasteiger charge is 2.43. The second-order valence-electron chi connectivity index (χ2n) is 6.28. The van der Waals surface area contributed by atoms with Gasteiger partial charge in [0.15, 0.2) is 0 Å². The average molecular weight is 333 g/mol. The summed E-state index contributed by atoms with van der Waals surface area (Å²) in [5.41, 5.74) is 1.79. The van der Waals surface area contributed by atoms with Crippen molar-refractivity contribution >= 4 is 11.7 Å². The van der Waals surface area contributed by atoms with Crippen LogP contribution in [0.1, 0.15) is 29.7 Å². The van der Waals surface area contributed by atoms with Crippen molar-refractivity contribution in [3.8, 4) is 0 Å². The monoisotopic (exact) mass is 333 g/mol.